The molecule has 1 aromatic heterocycles. The summed E-state index contributed by atoms with van der Waals surface area (Å²) in [5, 5.41) is 13.9. The lowest BCUT2D eigenvalue weighted by molar-refractivity contribution is -0.385. The van der Waals surface area contributed by atoms with E-state index in [4.69, 9.17) is 4.98 Å². The van der Waals surface area contributed by atoms with Crippen LogP contribution in [-0.2, 0) is 0 Å². The van der Waals surface area contributed by atoms with Crippen molar-refractivity contribution in [2.75, 3.05) is 23.3 Å². The standard InChI is InChI=1S/C19H16BrN5O3/c20-13-8-7-12(11-16(13)25(27)28)19(26)23-17-18(24-9-3-4-10-24)22-15-6-2-1-5-14(15)21-17/h1-2,5-8,11H,3-4,9-10H2,(H,21,23,26). The smallest absolute Gasteiger partial charge is 0.284 e. The van der Waals surface area contributed by atoms with Gasteiger partial charge in [-0.05, 0) is 53.0 Å². The van der Waals surface area contributed by atoms with E-state index in [9.17, 15) is 14.9 Å². The summed E-state index contributed by atoms with van der Waals surface area (Å²) in [5.74, 6) is 0.507. The van der Waals surface area contributed by atoms with E-state index in [0.29, 0.717) is 21.6 Å². The molecule has 142 valence electrons. The van der Waals surface area contributed by atoms with Crippen LogP contribution < -0.4 is 10.2 Å². The summed E-state index contributed by atoms with van der Waals surface area (Å²) in [6, 6.07) is 11.7. The first-order valence-corrected chi connectivity index (χ1v) is 9.59. The summed E-state index contributed by atoms with van der Waals surface area (Å²) >= 11 is 3.13. The van der Waals surface area contributed by atoms with Crippen molar-refractivity contribution in [3.63, 3.8) is 0 Å². The van der Waals surface area contributed by atoms with Crippen LogP contribution in [0.15, 0.2) is 46.9 Å². The zero-order chi connectivity index (χ0) is 19.7. The summed E-state index contributed by atoms with van der Waals surface area (Å²) in [4.78, 5) is 34.8. The zero-order valence-corrected chi connectivity index (χ0v) is 16.3. The molecular weight excluding hydrogens is 426 g/mol. The molecule has 0 bridgehead atoms. The number of amides is 1. The summed E-state index contributed by atoms with van der Waals surface area (Å²) in [6.45, 7) is 1.69. The molecule has 8 nitrogen and oxygen atoms in total. The molecule has 9 heteroatoms. The Hall–Kier alpha value is -3.07. The van der Waals surface area contributed by atoms with E-state index < -0.39 is 10.8 Å². The van der Waals surface area contributed by atoms with Gasteiger partial charge in [-0.1, -0.05) is 12.1 Å². The van der Waals surface area contributed by atoms with Gasteiger partial charge in [0.1, 0.15) is 0 Å². The number of nitro benzene ring substituents is 1. The lowest BCUT2D eigenvalue weighted by atomic mass is 10.2. The molecule has 0 spiro atoms. The molecule has 4 rings (SSSR count). The minimum absolute atomic E-state index is 0.169. The Labute approximate surface area is 168 Å². The fraction of sp³-hybridized carbons (Fsp3) is 0.211. The fourth-order valence-corrected chi connectivity index (χ4v) is 3.59. The lowest BCUT2D eigenvalue weighted by Gasteiger charge is -2.20. The number of nitro groups is 1. The monoisotopic (exact) mass is 441 g/mol. The van der Waals surface area contributed by atoms with E-state index in [1.807, 2.05) is 24.3 Å². The number of nitrogens with zero attached hydrogens (tertiary/aromatic N) is 4. The van der Waals surface area contributed by atoms with E-state index in [2.05, 4.69) is 31.1 Å². The maximum atomic E-state index is 12.8. The van der Waals surface area contributed by atoms with Gasteiger partial charge in [0, 0.05) is 24.7 Å². The number of rotatable bonds is 4. The third-order valence-corrected chi connectivity index (χ3v) is 5.27. The molecule has 1 fully saturated rings. The van der Waals surface area contributed by atoms with Crippen LogP contribution in [0.3, 0.4) is 0 Å². The van der Waals surface area contributed by atoms with Gasteiger partial charge in [0.05, 0.1) is 20.4 Å². The summed E-state index contributed by atoms with van der Waals surface area (Å²) < 4.78 is 0.317. The van der Waals surface area contributed by atoms with Crippen LogP contribution in [0.1, 0.15) is 23.2 Å². The molecule has 1 aliphatic heterocycles. The number of fused-ring (bicyclic) bond motifs is 1. The van der Waals surface area contributed by atoms with Crippen LogP contribution in [0.25, 0.3) is 11.0 Å². The highest BCUT2D eigenvalue weighted by molar-refractivity contribution is 9.10. The number of aromatic nitrogens is 2. The Kier molecular flexibility index (Phi) is 4.91. The largest absolute Gasteiger partial charge is 0.354 e. The van der Waals surface area contributed by atoms with Crippen LogP contribution in [0, 0.1) is 10.1 Å². The molecule has 28 heavy (non-hydrogen) atoms. The summed E-state index contributed by atoms with van der Waals surface area (Å²) in [5.41, 5.74) is 1.43. The normalized spacial score (nSPS) is 13.7. The Morgan fingerprint density at radius 1 is 1.11 bits per heavy atom. The van der Waals surface area contributed by atoms with Crippen molar-refractivity contribution < 1.29 is 9.72 Å². The molecule has 0 unspecified atom stereocenters. The van der Waals surface area contributed by atoms with E-state index in [-0.39, 0.29) is 11.3 Å². The predicted octanol–water partition coefficient (Wildman–Crippen LogP) is 4.15. The summed E-state index contributed by atoms with van der Waals surface area (Å²) in [7, 11) is 0. The van der Waals surface area contributed by atoms with Gasteiger partial charge in [-0.3, -0.25) is 14.9 Å². The highest BCUT2D eigenvalue weighted by Crippen LogP contribution is 2.29. The number of halogens is 1. The van der Waals surface area contributed by atoms with Crippen LogP contribution in [0.2, 0.25) is 0 Å². The number of carbonyl (C=O) groups excluding carboxylic acids is 1. The molecule has 1 amide bonds. The van der Waals surface area contributed by atoms with Gasteiger partial charge in [0.25, 0.3) is 11.6 Å². The first-order valence-electron chi connectivity index (χ1n) is 8.80. The van der Waals surface area contributed by atoms with Gasteiger partial charge in [-0.25, -0.2) is 9.97 Å². The molecule has 1 N–H and O–H groups in total. The first kappa shape index (κ1) is 18.3. The third kappa shape index (κ3) is 3.53. The second-order valence-electron chi connectivity index (χ2n) is 6.46. The van der Waals surface area contributed by atoms with Crippen molar-refractivity contribution in [2.24, 2.45) is 0 Å². The summed E-state index contributed by atoms with van der Waals surface area (Å²) in [6.07, 6.45) is 2.11. The van der Waals surface area contributed by atoms with Crippen molar-refractivity contribution in [3.8, 4) is 0 Å². The third-order valence-electron chi connectivity index (χ3n) is 4.59. The van der Waals surface area contributed by atoms with Crippen LogP contribution >= 0.6 is 15.9 Å². The quantitative estimate of drug-likeness (QED) is 0.481. The number of benzene rings is 2. The Balaban J connectivity index is 1.72. The molecule has 2 aromatic carbocycles. The zero-order valence-electron chi connectivity index (χ0n) is 14.8. The minimum atomic E-state index is -0.535. The van der Waals surface area contributed by atoms with Gasteiger partial charge >= 0.3 is 0 Å². The maximum absolute atomic E-state index is 12.8. The molecule has 1 aliphatic rings. The fourth-order valence-electron chi connectivity index (χ4n) is 3.20. The average Bonchev–Trinajstić information content (AvgIpc) is 3.22. The van der Waals surface area contributed by atoms with Crippen molar-refractivity contribution in [2.45, 2.75) is 12.8 Å². The Morgan fingerprint density at radius 2 is 1.79 bits per heavy atom. The second kappa shape index (κ2) is 7.51. The number of hydrogen-bond donors (Lipinski definition) is 1. The van der Waals surface area contributed by atoms with Crippen LogP contribution in [0.4, 0.5) is 17.3 Å². The highest BCUT2D eigenvalue weighted by atomic mass is 79.9. The van der Waals surface area contributed by atoms with E-state index >= 15 is 0 Å². The molecule has 0 atom stereocenters. The van der Waals surface area contributed by atoms with Crippen LogP contribution in [0.5, 0.6) is 0 Å². The van der Waals surface area contributed by atoms with E-state index in [0.717, 1.165) is 31.4 Å². The molecule has 2 heterocycles. The predicted molar refractivity (Wildman–Crippen MR) is 110 cm³/mol. The number of carbonyl (C=O) groups is 1. The maximum Gasteiger partial charge on any atom is 0.284 e. The molecule has 0 aliphatic carbocycles. The van der Waals surface area contributed by atoms with E-state index in [1.165, 1.54) is 18.2 Å². The van der Waals surface area contributed by atoms with Crippen molar-refractivity contribution in [1.82, 2.24) is 9.97 Å². The van der Waals surface area contributed by atoms with Crippen molar-refractivity contribution in [1.29, 1.82) is 0 Å². The number of para-hydroxylation sites is 2. The number of anilines is 2. The van der Waals surface area contributed by atoms with Gasteiger partial charge in [0.2, 0.25) is 0 Å². The Bertz CT molecular complexity index is 1080. The van der Waals surface area contributed by atoms with Crippen molar-refractivity contribution >= 4 is 50.2 Å². The van der Waals surface area contributed by atoms with E-state index in [1.54, 1.807) is 0 Å². The molecular formula is C19H16BrN5O3. The first-order chi connectivity index (χ1) is 13.5. The molecule has 1 saturated heterocycles. The topological polar surface area (TPSA) is 101 Å². The number of hydrogen-bond acceptors (Lipinski definition) is 6. The highest BCUT2D eigenvalue weighted by Gasteiger charge is 2.22. The van der Waals surface area contributed by atoms with Crippen molar-refractivity contribution in [3.05, 3.63) is 62.6 Å². The second-order valence-corrected chi connectivity index (χ2v) is 7.31. The molecule has 0 radical (unpaired) electrons. The van der Waals surface area contributed by atoms with Gasteiger partial charge in [-0.2, -0.15) is 0 Å². The van der Waals surface area contributed by atoms with Gasteiger partial charge in [0.15, 0.2) is 11.6 Å². The number of nitrogens with one attached hydrogen (secondary N) is 1. The average molecular weight is 442 g/mol. The Morgan fingerprint density at radius 3 is 2.46 bits per heavy atom. The lowest BCUT2D eigenvalue weighted by Crippen LogP contribution is -2.23. The molecule has 3 aromatic rings. The minimum Gasteiger partial charge on any atom is -0.354 e. The molecule has 0 saturated carbocycles. The van der Waals surface area contributed by atoms with Gasteiger partial charge < -0.3 is 10.2 Å². The van der Waals surface area contributed by atoms with Crippen LogP contribution in [-0.4, -0.2) is 33.9 Å². The SMILES string of the molecule is O=C(Nc1nc2ccccc2nc1N1CCCC1)c1ccc(Br)c([N+](=O)[O-])c1. The van der Waals surface area contributed by atoms with Gasteiger partial charge in [-0.15, -0.1) is 0 Å².